The molecule has 0 spiro atoms. The number of ether oxygens (including phenoxy) is 2. The fraction of sp³-hybridized carbons (Fsp3) is 0.200. The molecule has 1 atom stereocenters. The molecule has 0 fully saturated rings. The van der Waals surface area contributed by atoms with Crippen LogP contribution in [0, 0.1) is 0 Å². The van der Waals surface area contributed by atoms with E-state index in [1.165, 1.54) is 0 Å². The van der Waals surface area contributed by atoms with Crippen LogP contribution in [0.4, 0.5) is 5.82 Å². The second-order valence-electron chi connectivity index (χ2n) is 6.65. The molecule has 0 radical (unpaired) electrons. The van der Waals surface area contributed by atoms with Crippen LogP contribution in [-0.2, 0) is 11.3 Å². The normalized spacial score (nSPS) is 17.5. The lowest BCUT2D eigenvalue weighted by Gasteiger charge is -2.24. The molecule has 3 aromatic rings. The molecule has 2 aliphatic heterocycles. The van der Waals surface area contributed by atoms with Crippen molar-refractivity contribution in [3.63, 3.8) is 0 Å². The summed E-state index contributed by atoms with van der Waals surface area (Å²) < 4.78 is 12.6. The molecule has 2 aromatic carbocycles. The van der Waals surface area contributed by atoms with Gasteiger partial charge in [-0.05, 0) is 35.4 Å². The van der Waals surface area contributed by atoms with Gasteiger partial charge < -0.3 is 14.8 Å². The van der Waals surface area contributed by atoms with Crippen LogP contribution in [0.25, 0.3) is 0 Å². The Kier molecular flexibility index (Phi) is 3.79. The van der Waals surface area contributed by atoms with Gasteiger partial charge in [-0.1, -0.05) is 29.8 Å². The van der Waals surface area contributed by atoms with Crippen LogP contribution in [0.5, 0.6) is 11.5 Å². The molecular weight excluding hydrogens is 366 g/mol. The molecule has 2 aliphatic rings. The highest BCUT2D eigenvalue weighted by Crippen LogP contribution is 2.38. The molecule has 6 nitrogen and oxygen atoms in total. The van der Waals surface area contributed by atoms with Crippen molar-refractivity contribution in [2.45, 2.75) is 18.9 Å². The third-order valence-electron chi connectivity index (χ3n) is 4.91. The minimum Gasteiger partial charge on any atom is -0.454 e. The van der Waals surface area contributed by atoms with Crippen molar-refractivity contribution in [1.82, 2.24) is 9.78 Å². The molecular formula is C20H16ClN3O3. The van der Waals surface area contributed by atoms with E-state index < -0.39 is 0 Å². The first-order chi connectivity index (χ1) is 13.2. The average molecular weight is 382 g/mol. The summed E-state index contributed by atoms with van der Waals surface area (Å²) in [6.45, 7) is 0.766. The van der Waals surface area contributed by atoms with Crippen LogP contribution < -0.4 is 14.8 Å². The van der Waals surface area contributed by atoms with Crippen LogP contribution in [0.1, 0.15) is 29.0 Å². The third kappa shape index (κ3) is 2.92. The molecule has 3 heterocycles. The summed E-state index contributed by atoms with van der Waals surface area (Å²) in [4.78, 5) is 12.3. The molecule has 27 heavy (non-hydrogen) atoms. The molecule has 1 amide bonds. The first-order valence-electron chi connectivity index (χ1n) is 8.67. The fourth-order valence-corrected chi connectivity index (χ4v) is 3.82. The van der Waals surface area contributed by atoms with E-state index >= 15 is 0 Å². The van der Waals surface area contributed by atoms with Gasteiger partial charge in [-0.15, -0.1) is 0 Å². The smallest absolute Gasteiger partial charge is 0.231 e. The van der Waals surface area contributed by atoms with Crippen molar-refractivity contribution in [3.05, 3.63) is 70.4 Å². The van der Waals surface area contributed by atoms with E-state index in [9.17, 15) is 4.79 Å². The summed E-state index contributed by atoms with van der Waals surface area (Å²) in [5.74, 6) is 2.12. The third-order valence-corrected chi connectivity index (χ3v) is 5.15. The Hall–Kier alpha value is -2.99. The lowest BCUT2D eigenvalue weighted by atomic mass is 9.87. The number of anilines is 1. The topological polar surface area (TPSA) is 65.4 Å². The van der Waals surface area contributed by atoms with E-state index in [1.54, 1.807) is 0 Å². The van der Waals surface area contributed by atoms with E-state index in [4.69, 9.17) is 21.1 Å². The maximum Gasteiger partial charge on any atom is 0.231 e. The highest BCUT2D eigenvalue weighted by molar-refractivity contribution is 6.30. The maximum absolute atomic E-state index is 12.3. The lowest BCUT2D eigenvalue weighted by molar-refractivity contribution is -0.116. The van der Waals surface area contributed by atoms with Crippen LogP contribution in [0.15, 0.2) is 48.7 Å². The first kappa shape index (κ1) is 16.2. The summed E-state index contributed by atoms with van der Waals surface area (Å²) in [7, 11) is 0. The first-order valence-corrected chi connectivity index (χ1v) is 9.05. The second kappa shape index (κ2) is 6.32. The molecule has 7 heteroatoms. The Labute approximate surface area is 160 Å². The summed E-state index contributed by atoms with van der Waals surface area (Å²) in [6, 6.07) is 13.4. The zero-order valence-electron chi connectivity index (χ0n) is 14.3. The highest BCUT2D eigenvalue weighted by Gasteiger charge is 2.30. The van der Waals surface area contributed by atoms with Gasteiger partial charge in [-0.25, -0.2) is 4.68 Å². The van der Waals surface area contributed by atoms with Gasteiger partial charge in [0.1, 0.15) is 5.82 Å². The van der Waals surface area contributed by atoms with Crippen molar-refractivity contribution in [1.29, 1.82) is 0 Å². The number of benzene rings is 2. The number of hydrogen-bond donors (Lipinski definition) is 1. The molecule has 1 aromatic heterocycles. The Morgan fingerprint density at radius 1 is 1.19 bits per heavy atom. The molecule has 0 saturated carbocycles. The lowest BCUT2D eigenvalue weighted by Crippen LogP contribution is -2.25. The molecule has 1 N–H and O–H groups in total. The number of halogens is 1. The predicted octanol–water partition coefficient (Wildman–Crippen LogP) is 3.79. The molecule has 0 saturated heterocycles. The number of carbonyl (C=O) groups excluding carboxylic acids is 1. The van der Waals surface area contributed by atoms with Gasteiger partial charge in [0.15, 0.2) is 11.5 Å². The van der Waals surface area contributed by atoms with Gasteiger partial charge in [0, 0.05) is 22.9 Å². The Balaban J connectivity index is 1.49. The van der Waals surface area contributed by atoms with Crippen molar-refractivity contribution in [2.75, 3.05) is 12.1 Å². The fourth-order valence-electron chi connectivity index (χ4n) is 3.62. The zero-order valence-corrected chi connectivity index (χ0v) is 15.1. The van der Waals surface area contributed by atoms with Gasteiger partial charge in [-0.2, -0.15) is 5.10 Å². The van der Waals surface area contributed by atoms with Crippen molar-refractivity contribution in [3.8, 4) is 11.5 Å². The van der Waals surface area contributed by atoms with Crippen LogP contribution in [0.3, 0.4) is 0 Å². The minimum absolute atomic E-state index is 0.0279. The van der Waals surface area contributed by atoms with Gasteiger partial charge >= 0.3 is 0 Å². The van der Waals surface area contributed by atoms with Crippen LogP contribution >= 0.6 is 11.6 Å². The summed E-state index contributed by atoms with van der Waals surface area (Å²) in [6.07, 6.45) is 2.20. The number of aromatic nitrogens is 2. The molecule has 5 rings (SSSR count). The quantitative estimate of drug-likeness (QED) is 0.749. The van der Waals surface area contributed by atoms with Gasteiger partial charge in [0.05, 0.1) is 12.7 Å². The van der Waals surface area contributed by atoms with E-state index in [0.717, 1.165) is 34.0 Å². The number of fused-ring (bicyclic) bond motifs is 2. The Bertz CT molecular complexity index is 1050. The second-order valence-corrected chi connectivity index (χ2v) is 7.09. The number of nitrogens with zero attached hydrogens (tertiary/aromatic N) is 2. The number of rotatable bonds is 3. The number of carbonyl (C=O) groups is 1. The van der Waals surface area contributed by atoms with Crippen molar-refractivity contribution < 1.29 is 14.3 Å². The highest BCUT2D eigenvalue weighted by atomic mass is 35.5. The number of nitrogens with one attached hydrogen (secondary N) is 1. The van der Waals surface area contributed by atoms with E-state index in [0.29, 0.717) is 18.0 Å². The maximum atomic E-state index is 12.3. The Morgan fingerprint density at radius 2 is 2.07 bits per heavy atom. The Morgan fingerprint density at radius 3 is 2.96 bits per heavy atom. The average Bonchev–Trinajstić information content (AvgIpc) is 3.28. The standard InChI is InChI=1S/C20H16ClN3O3/c21-14-3-1-2-13(7-14)15-8-19(25)23-20-16(15)9-22-24(20)10-12-4-5-17-18(6-12)27-11-26-17/h1-7,9,15H,8,10-11H2,(H,23,25)/t15-/m1/s1. The largest absolute Gasteiger partial charge is 0.454 e. The van der Waals surface area contributed by atoms with E-state index in [2.05, 4.69) is 10.4 Å². The van der Waals surface area contributed by atoms with Crippen molar-refractivity contribution in [2.24, 2.45) is 0 Å². The van der Waals surface area contributed by atoms with E-state index in [1.807, 2.05) is 53.3 Å². The monoisotopic (exact) mass is 381 g/mol. The van der Waals surface area contributed by atoms with Gasteiger partial charge in [0.2, 0.25) is 12.7 Å². The number of hydrogen-bond acceptors (Lipinski definition) is 4. The molecule has 0 aliphatic carbocycles. The van der Waals surface area contributed by atoms with Crippen LogP contribution in [-0.4, -0.2) is 22.5 Å². The van der Waals surface area contributed by atoms with Gasteiger partial charge in [0.25, 0.3) is 0 Å². The van der Waals surface area contributed by atoms with Gasteiger partial charge in [-0.3, -0.25) is 4.79 Å². The minimum atomic E-state index is -0.0575. The molecule has 136 valence electrons. The summed E-state index contributed by atoms with van der Waals surface area (Å²) >= 11 is 6.14. The SMILES string of the molecule is O=C1C[C@H](c2cccc(Cl)c2)c2cnn(Cc3ccc4c(c3)OCO4)c2N1. The van der Waals surface area contributed by atoms with E-state index in [-0.39, 0.29) is 18.6 Å². The molecule has 0 bridgehead atoms. The number of amides is 1. The summed E-state index contributed by atoms with van der Waals surface area (Å²) in [5.41, 5.74) is 3.03. The summed E-state index contributed by atoms with van der Waals surface area (Å²) in [5, 5.41) is 8.14. The van der Waals surface area contributed by atoms with Crippen LogP contribution in [0.2, 0.25) is 5.02 Å². The van der Waals surface area contributed by atoms with Crippen molar-refractivity contribution >= 4 is 23.3 Å². The predicted molar refractivity (Wildman–Crippen MR) is 100 cm³/mol. The zero-order chi connectivity index (χ0) is 18.4. The molecule has 0 unspecified atom stereocenters.